The maximum Gasteiger partial charge on any atom is 0.332 e. The molecule has 0 aromatic heterocycles. The number of nitrogens with one attached hydrogen (secondary N) is 1. The van der Waals surface area contributed by atoms with Crippen LogP contribution in [0.25, 0.3) is 0 Å². The van der Waals surface area contributed by atoms with E-state index in [1.54, 1.807) is 0 Å². The van der Waals surface area contributed by atoms with Crippen LogP contribution in [0, 0.1) is 16.7 Å². The van der Waals surface area contributed by atoms with Crippen LogP contribution in [0.3, 0.4) is 0 Å². The summed E-state index contributed by atoms with van der Waals surface area (Å²) >= 11 is 0. The fourth-order valence-corrected chi connectivity index (χ4v) is 2.96. The van der Waals surface area contributed by atoms with Gasteiger partial charge < -0.3 is 10.5 Å². The summed E-state index contributed by atoms with van der Waals surface area (Å²) in [5, 5.41) is 4.03. The normalized spacial score (nSPS) is 29.9. The Kier molecular flexibility index (Phi) is 4.22. The average Bonchev–Trinajstić information content (AvgIpc) is 2.57. The van der Waals surface area contributed by atoms with Gasteiger partial charge in [-0.25, -0.2) is 10.2 Å². The SMILES string of the molecule is COC(=O)[C@@H]1CC[C@](C)(C(C)=NNC(N)=O)C1(C)C. The number of hydrogen-bond donors (Lipinski definition) is 2. The lowest BCUT2D eigenvalue weighted by Gasteiger charge is -2.40. The van der Waals surface area contributed by atoms with Gasteiger partial charge in [-0.05, 0) is 25.2 Å². The number of ether oxygens (including phenoxy) is 1. The van der Waals surface area contributed by atoms with Gasteiger partial charge in [0.2, 0.25) is 0 Å². The molecule has 0 aromatic carbocycles. The van der Waals surface area contributed by atoms with Crippen molar-refractivity contribution in [1.82, 2.24) is 5.43 Å². The zero-order valence-electron chi connectivity index (χ0n) is 12.2. The van der Waals surface area contributed by atoms with E-state index in [1.165, 1.54) is 7.11 Å². The van der Waals surface area contributed by atoms with Crippen molar-refractivity contribution < 1.29 is 14.3 Å². The number of nitrogens with two attached hydrogens (primary N) is 1. The molecule has 19 heavy (non-hydrogen) atoms. The van der Waals surface area contributed by atoms with E-state index in [0.717, 1.165) is 18.6 Å². The number of nitrogens with zero attached hydrogens (tertiary/aromatic N) is 1. The molecule has 1 rings (SSSR count). The van der Waals surface area contributed by atoms with Gasteiger partial charge in [-0.15, -0.1) is 0 Å². The molecular weight excluding hydrogens is 246 g/mol. The zero-order valence-corrected chi connectivity index (χ0v) is 12.2. The molecule has 6 nitrogen and oxygen atoms in total. The number of esters is 1. The molecule has 0 spiro atoms. The van der Waals surface area contributed by atoms with Crippen molar-refractivity contribution in [2.45, 2.75) is 40.5 Å². The van der Waals surface area contributed by atoms with Crippen LogP contribution in [-0.4, -0.2) is 24.8 Å². The standard InChI is InChI=1S/C13H23N3O3/c1-8(15-16-11(14)18)13(4)7-6-9(10(17)19-5)12(13,2)3/h9H,6-7H2,1-5H3,(H3,14,16,18)/t9-,13+/m0/s1. The van der Waals surface area contributed by atoms with Crippen LogP contribution < -0.4 is 11.2 Å². The van der Waals surface area contributed by atoms with E-state index >= 15 is 0 Å². The second-order valence-electron chi connectivity index (χ2n) is 5.84. The second-order valence-corrected chi connectivity index (χ2v) is 5.84. The van der Waals surface area contributed by atoms with Crippen LogP contribution in [0.5, 0.6) is 0 Å². The number of primary amides is 1. The first-order valence-electron chi connectivity index (χ1n) is 6.35. The van der Waals surface area contributed by atoms with Gasteiger partial charge in [0.1, 0.15) is 0 Å². The number of methoxy groups -OCH3 is 1. The largest absolute Gasteiger partial charge is 0.469 e. The van der Waals surface area contributed by atoms with E-state index in [0.29, 0.717) is 0 Å². The highest BCUT2D eigenvalue weighted by atomic mass is 16.5. The summed E-state index contributed by atoms with van der Waals surface area (Å²) < 4.78 is 4.87. The van der Waals surface area contributed by atoms with E-state index in [1.807, 2.05) is 20.8 Å². The maximum absolute atomic E-state index is 11.9. The van der Waals surface area contributed by atoms with Crippen LogP contribution in [0.4, 0.5) is 4.79 Å². The van der Waals surface area contributed by atoms with Gasteiger partial charge in [0.25, 0.3) is 0 Å². The first kappa shape index (κ1) is 15.5. The Balaban J connectivity index is 3.03. The van der Waals surface area contributed by atoms with Crippen molar-refractivity contribution >= 4 is 17.7 Å². The zero-order chi connectivity index (χ0) is 14.8. The number of urea groups is 1. The molecule has 1 fully saturated rings. The molecule has 1 aliphatic carbocycles. The van der Waals surface area contributed by atoms with Crippen molar-refractivity contribution in [2.24, 2.45) is 27.6 Å². The van der Waals surface area contributed by atoms with Crippen LogP contribution >= 0.6 is 0 Å². The number of carbonyl (C=O) groups excluding carboxylic acids is 2. The van der Waals surface area contributed by atoms with E-state index < -0.39 is 6.03 Å². The quantitative estimate of drug-likeness (QED) is 0.463. The molecule has 0 saturated heterocycles. The number of carbonyl (C=O) groups is 2. The van der Waals surface area contributed by atoms with Crippen LogP contribution in [-0.2, 0) is 9.53 Å². The highest BCUT2D eigenvalue weighted by Crippen LogP contribution is 2.56. The van der Waals surface area contributed by atoms with E-state index in [4.69, 9.17) is 10.5 Å². The Bertz CT molecular complexity index is 417. The van der Waals surface area contributed by atoms with Gasteiger partial charge in [0.05, 0.1) is 13.0 Å². The molecule has 6 heteroatoms. The minimum Gasteiger partial charge on any atom is -0.469 e. The summed E-state index contributed by atoms with van der Waals surface area (Å²) in [6.45, 7) is 7.96. The van der Waals surface area contributed by atoms with Gasteiger partial charge in [-0.2, -0.15) is 5.10 Å². The predicted molar refractivity (Wildman–Crippen MR) is 72.5 cm³/mol. The molecule has 1 aliphatic rings. The number of rotatable bonds is 3. The molecule has 0 heterocycles. The molecule has 0 aromatic rings. The molecule has 2 atom stereocenters. The van der Waals surface area contributed by atoms with E-state index in [-0.39, 0.29) is 22.7 Å². The second kappa shape index (κ2) is 5.19. The van der Waals surface area contributed by atoms with Gasteiger partial charge >= 0.3 is 12.0 Å². The molecular formula is C13H23N3O3. The highest BCUT2D eigenvalue weighted by Gasteiger charge is 2.56. The third-order valence-electron chi connectivity index (χ3n) is 4.84. The Morgan fingerprint density at radius 3 is 2.42 bits per heavy atom. The summed E-state index contributed by atoms with van der Waals surface area (Å²) in [6, 6.07) is -0.691. The number of amides is 2. The fourth-order valence-electron chi connectivity index (χ4n) is 2.96. The third-order valence-corrected chi connectivity index (χ3v) is 4.84. The van der Waals surface area contributed by atoms with Crippen molar-refractivity contribution in [3.8, 4) is 0 Å². The summed E-state index contributed by atoms with van der Waals surface area (Å²) in [7, 11) is 1.41. The number of hydrogen-bond acceptors (Lipinski definition) is 4. The first-order chi connectivity index (χ1) is 8.66. The monoisotopic (exact) mass is 269 g/mol. The Labute approximate surface area is 113 Å². The van der Waals surface area contributed by atoms with Crippen molar-refractivity contribution in [2.75, 3.05) is 7.11 Å². The Morgan fingerprint density at radius 2 is 1.95 bits per heavy atom. The predicted octanol–water partition coefficient (Wildman–Crippen LogP) is 1.65. The lowest BCUT2D eigenvalue weighted by atomic mass is 9.63. The van der Waals surface area contributed by atoms with Crippen molar-refractivity contribution in [3.63, 3.8) is 0 Å². The highest BCUT2D eigenvalue weighted by molar-refractivity contribution is 5.91. The summed E-state index contributed by atoms with van der Waals surface area (Å²) in [5.74, 6) is -0.356. The fraction of sp³-hybridized carbons (Fsp3) is 0.769. The van der Waals surface area contributed by atoms with Gasteiger partial charge in [-0.1, -0.05) is 20.8 Å². The molecule has 0 bridgehead atoms. The minimum atomic E-state index is -0.691. The molecule has 0 unspecified atom stereocenters. The van der Waals surface area contributed by atoms with E-state index in [9.17, 15) is 9.59 Å². The Morgan fingerprint density at radius 1 is 1.37 bits per heavy atom. The van der Waals surface area contributed by atoms with Gasteiger partial charge in [-0.3, -0.25) is 4.79 Å². The van der Waals surface area contributed by atoms with Crippen molar-refractivity contribution in [3.05, 3.63) is 0 Å². The van der Waals surface area contributed by atoms with Crippen LogP contribution in [0.1, 0.15) is 40.5 Å². The molecule has 2 amide bonds. The van der Waals surface area contributed by atoms with Crippen LogP contribution in [0.15, 0.2) is 5.10 Å². The van der Waals surface area contributed by atoms with E-state index in [2.05, 4.69) is 17.5 Å². The van der Waals surface area contributed by atoms with Crippen molar-refractivity contribution in [1.29, 1.82) is 0 Å². The summed E-state index contributed by atoms with van der Waals surface area (Å²) in [6.07, 6.45) is 1.56. The molecule has 108 valence electrons. The first-order valence-corrected chi connectivity index (χ1v) is 6.35. The molecule has 3 N–H and O–H groups in total. The lowest BCUT2D eigenvalue weighted by Crippen LogP contribution is -2.43. The number of hydrazone groups is 1. The summed E-state index contributed by atoms with van der Waals surface area (Å²) in [5.41, 5.74) is 7.45. The Hall–Kier alpha value is -1.59. The third kappa shape index (κ3) is 2.57. The summed E-state index contributed by atoms with van der Waals surface area (Å²) in [4.78, 5) is 22.6. The lowest BCUT2D eigenvalue weighted by molar-refractivity contribution is -0.149. The molecule has 1 saturated carbocycles. The molecule has 0 radical (unpaired) electrons. The van der Waals surface area contributed by atoms with Gasteiger partial charge in [0.15, 0.2) is 0 Å². The molecule has 0 aliphatic heterocycles. The minimum absolute atomic E-state index is 0.166. The average molecular weight is 269 g/mol. The maximum atomic E-state index is 11.9. The topological polar surface area (TPSA) is 93.8 Å². The van der Waals surface area contributed by atoms with Gasteiger partial charge in [0, 0.05) is 11.1 Å². The smallest absolute Gasteiger partial charge is 0.332 e. The van der Waals surface area contributed by atoms with Crippen LogP contribution in [0.2, 0.25) is 0 Å².